The third kappa shape index (κ3) is 3.52. The topological polar surface area (TPSA) is 147 Å². The molecule has 0 fully saturated rings. The fourth-order valence-electron chi connectivity index (χ4n) is 4.02. The van der Waals surface area contributed by atoms with Crippen LogP contribution < -0.4 is 5.32 Å². The van der Waals surface area contributed by atoms with Crippen LogP contribution in [-0.2, 0) is 6.42 Å². The maximum absolute atomic E-state index is 12.9. The number of unbranched alkanes of at least 4 members (excludes halogenated alkanes) is 3. The smallest absolute Gasteiger partial charge is 0.213 e. The molecule has 0 radical (unpaired) electrons. The molecule has 0 aromatic heterocycles. The van der Waals surface area contributed by atoms with Crippen LogP contribution >= 0.6 is 0 Å². The van der Waals surface area contributed by atoms with E-state index in [1.54, 1.807) is 0 Å². The molecule has 0 saturated carbocycles. The molecule has 1 aromatic rings. The first-order valence-electron chi connectivity index (χ1n) is 9.85. The minimum Gasteiger partial charge on any atom is -0.507 e. The number of aliphatic hydroxyl groups excluding tert-OH is 2. The van der Waals surface area contributed by atoms with E-state index in [9.17, 15) is 35.1 Å². The minimum atomic E-state index is -1.79. The monoisotopic (exact) mass is 405 g/mol. The summed E-state index contributed by atoms with van der Waals surface area (Å²) in [6.07, 6.45) is 1.31. The van der Waals surface area contributed by atoms with Gasteiger partial charge in [-0.15, -0.1) is 0 Å². The average molecular weight is 405 g/mol. The number of phenols is 2. The first kappa shape index (κ1) is 21.3. The number of rotatable bonds is 6. The Kier molecular flexibility index (Phi) is 5.71. The second kappa shape index (κ2) is 7.78. The van der Waals surface area contributed by atoms with Crippen LogP contribution in [0.1, 0.15) is 77.5 Å². The van der Waals surface area contributed by atoms with Crippen LogP contribution in [0.3, 0.4) is 0 Å². The number of carbonyl (C=O) groups excluding carboxylic acids is 2. The Bertz CT molecular complexity index is 888. The highest BCUT2D eigenvalue weighted by atomic mass is 16.4. The van der Waals surface area contributed by atoms with Crippen molar-refractivity contribution >= 4 is 11.6 Å². The maximum atomic E-state index is 12.9. The van der Waals surface area contributed by atoms with Crippen LogP contribution in [-0.4, -0.2) is 55.3 Å². The highest BCUT2D eigenvalue weighted by Crippen LogP contribution is 2.49. The minimum absolute atomic E-state index is 0.0248. The van der Waals surface area contributed by atoms with Crippen LogP contribution in [0.25, 0.3) is 0 Å². The molecule has 3 rings (SSSR count). The number of nitrogens with one attached hydrogen (secondary N) is 1. The number of phenolic OH excluding ortho intramolecular Hbond substituents is 2. The fraction of sp³-hybridized carbons (Fsp3) is 0.524. The second-order valence-electron chi connectivity index (χ2n) is 8.00. The second-order valence-corrected chi connectivity index (χ2v) is 8.00. The Morgan fingerprint density at radius 3 is 2.45 bits per heavy atom. The van der Waals surface area contributed by atoms with Gasteiger partial charge >= 0.3 is 0 Å². The van der Waals surface area contributed by atoms with Crippen molar-refractivity contribution in [1.82, 2.24) is 5.32 Å². The van der Waals surface area contributed by atoms with Gasteiger partial charge in [-0.1, -0.05) is 26.2 Å². The van der Waals surface area contributed by atoms with Crippen molar-refractivity contribution < 1.29 is 35.1 Å². The van der Waals surface area contributed by atoms with Gasteiger partial charge in [0, 0.05) is 30.2 Å². The lowest BCUT2D eigenvalue weighted by molar-refractivity contribution is -0.126. The third-order valence-corrected chi connectivity index (χ3v) is 5.70. The summed E-state index contributed by atoms with van der Waals surface area (Å²) in [6.45, 7) is 3.84. The van der Waals surface area contributed by atoms with Crippen molar-refractivity contribution in [2.75, 3.05) is 6.54 Å². The van der Waals surface area contributed by atoms with E-state index in [0.29, 0.717) is 6.54 Å². The molecular weight excluding hydrogens is 378 g/mol. The van der Waals surface area contributed by atoms with Gasteiger partial charge in [-0.05, 0) is 13.3 Å². The predicted molar refractivity (Wildman–Crippen MR) is 104 cm³/mol. The molecule has 1 aromatic carbocycles. The lowest BCUT2D eigenvalue weighted by Crippen LogP contribution is -2.48. The van der Waals surface area contributed by atoms with Crippen molar-refractivity contribution in [2.45, 2.75) is 63.8 Å². The lowest BCUT2D eigenvalue weighted by atomic mass is 9.73. The van der Waals surface area contributed by atoms with E-state index < -0.39 is 46.4 Å². The lowest BCUT2D eigenvalue weighted by Gasteiger charge is -2.39. The van der Waals surface area contributed by atoms with E-state index in [1.807, 2.05) is 0 Å². The zero-order valence-electron chi connectivity index (χ0n) is 16.5. The first-order valence-corrected chi connectivity index (χ1v) is 9.85. The Morgan fingerprint density at radius 2 is 1.79 bits per heavy atom. The summed E-state index contributed by atoms with van der Waals surface area (Å²) in [5.74, 6) is -2.57. The van der Waals surface area contributed by atoms with Gasteiger partial charge in [-0.2, -0.15) is 0 Å². The number of hydrogen-bond donors (Lipinski definition) is 6. The number of aromatic hydroxyl groups is 2. The number of carbonyl (C=O) groups is 2. The quantitative estimate of drug-likeness (QED) is 0.306. The molecule has 0 heterocycles. The number of benzene rings is 1. The van der Waals surface area contributed by atoms with Gasteiger partial charge in [0.2, 0.25) is 5.78 Å². The molecule has 0 saturated heterocycles. The van der Waals surface area contributed by atoms with E-state index >= 15 is 0 Å². The first-order chi connectivity index (χ1) is 13.6. The zero-order valence-corrected chi connectivity index (χ0v) is 16.5. The molecule has 2 aliphatic carbocycles. The van der Waals surface area contributed by atoms with Crippen molar-refractivity contribution in [3.05, 3.63) is 34.0 Å². The van der Waals surface area contributed by atoms with E-state index in [0.717, 1.165) is 31.8 Å². The van der Waals surface area contributed by atoms with Gasteiger partial charge in [-0.3, -0.25) is 9.59 Å². The highest BCUT2D eigenvalue weighted by molar-refractivity contribution is 6.26. The molecule has 3 atom stereocenters. The highest BCUT2D eigenvalue weighted by Gasteiger charge is 2.47. The SMILES string of the molecule is CCCCCCNC1=CC(=O)c2c(O)c3c(c(O)c2C1=O)C[C@](C)(O)[C@H](O)[C@H]3O. The third-order valence-electron chi connectivity index (χ3n) is 5.70. The maximum Gasteiger partial charge on any atom is 0.213 e. The van der Waals surface area contributed by atoms with Crippen LogP contribution in [0, 0.1) is 0 Å². The van der Waals surface area contributed by atoms with Crippen molar-refractivity contribution in [3.8, 4) is 11.5 Å². The normalized spacial score (nSPS) is 26.0. The van der Waals surface area contributed by atoms with Crippen LogP contribution in [0.15, 0.2) is 11.8 Å². The summed E-state index contributed by atoms with van der Waals surface area (Å²) in [4.78, 5) is 25.5. The van der Waals surface area contributed by atoms with Gasteiger partial charge in [0.25, 0.3) is 0 Å². The van der Waals surface area contributed by atoms with Crippen molar-refractivity contribution in [3.63, 3.8) is 0 Å². The Labute approximate surface area is 168 Å². The number of allylic oxidation sites excluding steroid dienone is 2. The number of ketones is 2. The number of hydrogen-bond acceptors (Lipinski definition) is 8. The molecule has 0 unspecified atom stereocenters. The Hall–Kier alpha value is -2.42. The molecule has 0 spiro atoms. The molecule has 6 N–H and O–H groups in total. The summed E-state index contributed by atoms with van der Waals surface area (Å²) in [5, 5.41) is 55.1. The number of Topliss-reactive ketones (excluding diaryl/α,β-unsaturated/α-hetero) is 1. The van der Waals surface area contributed by atoms with E-state index in [-0.39, 0.29) is 28.8 Å². The van der Waals surface area contributed by atoms with Crippen molar-refractivity contribution in [1.29, 1.82) is 0 Å². The van der Waals surface area contributed by atoms with Gasteiger partial charge in [0.1, 0.15) is 23.7 Å². The molecule has 158 valence electrons. The van der Waals surface area contributed by atoms with Crippen LogP contribution in [0.5, 0.6) is 11.5 Å². The predicted octanol–water partition coefficient (Wildman–Crippen LogP) is 1.23. The van der Waals surface area contributed by atoms with Gasteiger partial charge in [0.05, 0.1) is 22.4 Å². The van der Waals surface area contributed by atoms with Crippen LogP contribution in [0.2, 0.25) is 0 Å². The summed E-state index contributed by atoms with van der Waals surface area (Å²) in [6, 6.07) is 0. The molecule has 0 aliphatic heterocycles. The fourth-order valence-corrected chi connectivity index (χ4v) is 4.02. The summed E-state index contributed by atoms with van der Waals surface area (Å²) < 4.78 is 0. The molecule has 0 amide bonds. The molecular formula is C21H27NO7. The van der Waals surface area contributed by atoms with Gasteiger partial charge in [0.15, 0.2) is 5.78 Å². The molecule has 2 aliphatic rings. The molecule has 8 heteroatoms. The van der Waals surface area contributed by atoms with E-state index in [1.165, 1.54) is 6.92 Å². The molecule has 0 bridgehead atoms. The molecule has 29 heavy (non-hydrogen) atoms. The van der Waals surface area contributed by atoms with E-state index in [2.05, 4.69) is 12.2 Å². The largest absolute Gasteiger partial charge is 0.507 e. The zero-order chi connectivity index (χ0) is 21.5. The molecule has 8 nitrogen and oxygen atoms in total. The van der Waals surface area contributed by atoms with Crippen LogP contribution in [0.4, 0.5) is 0 Å². The van der Waals surface area contributed by atoms with E-state index in [4.69, 9.17) is 0 Å². The van der Waals surface area contributed by atoms with Gasteiger partial charge < -0.3 is 30.8 Å². The Morgan fingerprint density at radius 1 is 1.10 bits per heavy atom. The summed E-state index contributed by atoms with van der Waals surface area (Å²) in [5.41, 5.74) is -2.83. The number of fused-ring (bicyclic) bond motifs is 2. The van der Waals surface area contributed by atoms with Gasteiger partial charge in [-0.25, -0.2) is 0 Å². The summed E-state index contributed by atoms with van der Waals surface area (Å²) in [7, 11) is 0. The number of aliphatic hydroxyl groups is 3. The average Bonchev–Trinajstić information content (AvgIpc) is 2.65. The summed E-state index contributed by atoms with van der Waals surface area (Å²) >= 11 is 0. The Balaban J connectivity index is 2.01. The van der Waals surface area contributed by atoms with Crippen molar-refractivity contribution in [2.24, 2.45) is 0 Å². The standard InChI is InChI=1S/C21H27NO7/c1-3-4-5-6-7-22-11-8-12(23)14-15(17(11)25)16(24)10-9-21(2,29)20(28)19(27)13(10)18(14)26/h8,19-20,22,24,26-29H,3-7,9H2,1-2H3/t19-,20+,21-/m0/s1.